The fourth-order valence-electron chi connectivity index (χ4n) is 2.31. The van der Waals surface area contributed by atoms with E-state index in [1.54, 1.807) is 0 Å². The Labute approximate surface area is 133 Å². The molecule has 1 fully saturated rings. The quantitative estimate of drug-likeness (QED) is 0.283. The molecule has 8 heteroatoms. The molecule has 1 aliphatic rings. The third-order valence-corrected chi connectivity index (χ3v) is 3.66. The van der Waals surface area contributed by atoms with Gasteiger partial charge in [0.15, 0.2) is 0 Å². The van der Waals surface area contributed by atoms with Crippen LogP contribution >= 0.6 is 0 Å². The molecular formula is C15H20N4O4. The predicted octanol–water partition coefficient (Wildman–Crippen LogP) is 0.857. The lowest BCUT2D eigenvalue weighted by Crippen LogP contribution is -2.33. The number of non-ortho nitro benzene ring substituents is 1. The van der Waals surface area contributed by atoms with Gasteiger partial charge in [-0.15, -0.1) is 0 Å². The number of hydrogen-bond donors (Lipinski definition) is 3. The summed E-state index contributed by atoms with van der Waals surface area (Å²) in [6.45, 7) is 2.92. The molecule has 0 saturated carbocycles. The van der Waals surface area contributed by atoms with E-state index in [0.29, 0.717) is 11.5 Å². The Hall–Kier alpha value is -2.32. The summed E-state index contributed by atoms with van der Waals surface area (Å²) in [6, 6.07) is 5.76. The minimum absolute atomic E-state index is 0.00818. The molecule has 0 aromatic heterocycles. The first kappa shape index (κ1) is 17.0. The van der Waals surface area contributed by atoms with Gasteiger partial charge in [-0.25, -0.2) is 4.79 Å². The maximum atomic E-state index is 11.7. The van der Waals surface area contributed by atoms with Gasteiger partial charge in [-0.2, -0.15) is 0 Å². The molecule has 1 atom stereocenters. The number of nitrogens with one attached hydrogen (secondary N) is 3. The summed E-state index contributed by atoms with van der Waals surface area (Å²) in [5.41, 5.74) is 0.498. The summed E-state index contributed by atoms with van der Waals surface area (Å²) < 4.78 is 5.03. The second kappa shape index (κ2) is 8.35. The van der Waals surface area contributed by atoms with E-state index in [2.05, 4.69) is 10.6 Å². The summed E-state index contributed by atoms with van der Waals surface area (Å²) in [5.74, 6) is -0.140. The van der Waals surface area contributed by atoms with E-state index in [9.17, 15) is 14.9 Å². The van der Waals surface area contributed by atoms with E-state index in [0.717, 1.165) is 26.1 Å². The highest BCUT2D eigenvalue weighted by Gasteiger charge is 2.16. The zero-order valence-corrected chi connectivity index (χ0v) is 12.7. The summed E-state index contributed by atoms with van der Waals surface area (Å²) in [4.78, 5) is 21.8. The molecule has 3 N–H and O–H groups in total. The molecule has 2 rings (SSSR count). The molecule has 0 spiro atoms. The van der Waals surface area contributed by atoms with Crippen LogP contribution in [0.15, 0.2) is 24.3 Å². The maximum absolute atomic E-state index is 11.7. The van der Waals surface area contributed by atoms with Crippen LogP contribution in [0.5, 0.6) is 0 Å². The van der Waals surface area contributed by atoms with Crippen LogP contribution in [0.2, 0.25) is 0 Å². The lowest BCUT2D eigenvalue weighted by Gasteiger charge is -2.10. The third kappa shape index (κ3) is 5.42. The van der Waals surface area contributed by atoms with E-state index in [-0.39, 0.29) is 24.6 Å². The van der Waals surface area contributed by atoms with Crippen molar-refractivity contribution in [2.45, 2.75) is 13.0 Å². The average Bonchev–Trinajstić information content (AvgIpc) is 3.06. The van der Waals surface area contributed by atoms with E-state index in [1.807, 2.05) is 0 Å². The normalized spacial score (nSPS) is 17.0. The number of nitro groups is 1. The molecule has 1 saturated heterocycles. The van der Waals surface area contributed by atoms with E-state index >= 15 is 0 Å². The molecule has 1 aromatic rings. The highest BCUT2D eigenvalue weighted by atomic mass is 16.6. The number of hydrogen-bond acceptors (Lipinski definition) is 7. The maximum Gasteiger partial charge on any atom is 0.353 e. The van der Waals surface area contributed by atoms with Crippen LogP contribution in [0, 0.1) is 21.4 Å². The highest BCUT2D eigenvalue weighted by molar-refractivity contribution is 6.35. The molecule has 0 unspecified atom stereocenters. The van der Waals surface area contributed by atoms with Gasteiger partial charge < -0.3 is 15.4 Å². The first-order valence-corrected chi connectivity index (χ1v) is 7.45. The van der Waals surface area contributed by atoms with Crippen molar-refractivity contribution in [2.75, 3.05) is 26.2 Å². The number of nitrogens with zero attached hydrogens (tertiary/aromatic N) is 1. The Bertz CT molecular complexity index is 567. The molecular weight excluding hydrogens is 300 g/mol. The Morgan fingerprint density at radius 1 is 1.43 bits per heavy atom. The summed E-state index contributed by atoms with van der Waals surface area (Å²) in [7, 11) is 0. The Morgan fingerprint density at radius 3 is 2.78 bits per heavy atom. The van der Waals surface area contributed by atoms with Crippen LogP contribution in [-0.2, 0) is 16.1 Å². The largest absolute Gasteiger partial charge is 0.456 e. The number of benzene rings is 1. The second-order valence-corrected chi connectivity index (χ2v) is 5.47. The number of nitro benzene ring substituents is 1. The lowest BCUT2D eigenvalue weighted by atomic mass is 10.1. The molecule has 1 aliphatic heterocycles. The lowest BCUT2D eigenvalue weighted by molar-refractivity contribution is -0.384. The van der Waals surface area contributed by atoms with Gasteiger partial charge in [0.25, 0.3) is 5.69 Å². The second-order valence-electron chi connectivity index (χ2n) is 5.47. The molecule has 0 aliphatic carbocycles. The highest BCUT2D eigenvalue weighted by Crippen LogP contribution is 2.12. The first-order valence-electron chi connectivity index (χ1n) is 7.45. The van der Waals surface area contributed by atoms with Gasteiger partial charge in [-0.1, -0.05) is 0 Å². The zero-order valence-electron chi connectivity index (χ0n) is 12.7. The standard InChI is InChI=1S/C15H20N4O4/c16-14(9-18-8-12-5-6-17-7-12)15(20)23-10-11-1-3-13(4-2-11)19(21)22/h1-4,12,16-18H,5-10H2/t12-/m0/s1. The third-order valence-electron chi connectivity index (χ3n) is 3.66. The van der Waals surface area contributed by atoms with Gasteiger partial charge in [0.1, 0.15) is 12.3 Å². The van der Waals surface area contributed by atoms with E-state index < -0.39 is 10.9 Å². The van der Waals surface area contributed by atoms with Gasteiger partial charge in [0, 0.05) is 18.7 Å². The molecule has 0 amide bonds. The van der Waals surface area contributed by atoms with Gasteiger partial charge in [-0.05, 0) is 49.7 Å². The average molecular weight is 320 g/mol. The number of esters is 1. The van der Waals surface area contributed by atoms with Gasteiger partial charge in [0.2, 0.25) is 0 Å². The topological polar surface area (TPSA) is 117 Å². The van der Waals surface area contributed by atoms with Crippen molar-refractivity contribution in [3.05, 3.63) is 39.9 Å². The van der Waals surface area contributed by atoms with Crippen molar-refractivity contribution in [3.63, 3.8) is 0 Å². The predicted molar refractivity (Wildman–Crippen MR) is 84.5 cm³/mol. The Morgan fingerprint density at radius 2 is 2.17 bits per heavy atom. The number of rotatable bonds is 8. The summed E-state index contributed by atoms with van der Waals surface area (Å²) in [5, 5.41) is 24.6. The number of ether oxygens (including phenoxy) is 1. The fourth-order valence-corrected chi connectivity index (χ4v) is 2.31. The van der Waals surface area contributed by atoms with Crippen LogP contribution in [0.3, 0.4) is 0 Å². The van der Waals surface area contributed by atoms with Crippen LogP contribution in [0.4, 0.5) is 5.69 Å². The zero-order chi connectivity index (χ0) is 16.7. The SMILES string of the molecule is N=C(CNC[C@H]1CCNC1)C(=O)OCc1ccc([N+](=O)[O-])cc1. The monoisotopic (exact) mass is 320 g/mol. The van der Waals surface area contributed by atoms with Gasteiger partial charge in [-0.3, -0.25) is 15.5 Å². The van der Waals surface area contributed by atoms with E-state index in [1.165, 1.54) is 24.3 Å². The Balaban J connectivity index is 1.68. The molecule has 124 valence electrons. The van der Waals surface area contributed by atoms with Crippen LogP contribution < -0.4 is 10.6 Å². The van der Waals surface area contributed by atoms with Gasteiger partial charge in [0.05, 0.1) is 4.92 Å². The molecule has 0 radical (unpaired) electrons. The summed E-state index contributed by atoms with van der Waals surface area (Å²) in [6.07, 6.45) is 1.10. The first-order chi connectivity index (χ1) is 11.1. The molecule has 23 heavy (non-hydrogen) atoms. The minimum atomic E-state index is -0.680. The van der Waals surface area contributed by atoms with Crippen molar-refractivity contribution < 1.29 is 14.5 Å². The van der Waals surface area contributed by atoms with Crippen molar-refractivity contribution >= 4 is 17.4 Å². The minimum Gasteiger partial charge on any atom is -0.456 e. The van der Waals surface area contributed by atoms with Crippen molar-refractivity contribution in [3.8, 4) is 0 Å². The molecule has 1 heterocycles. The molecule has 1 aromatic carbocycles. The summed E-state index contributed by atoms with van der Waals surface area (Å²) >= 11 is 0. The molecule has 8 nitrogen and oxygen atoms in total. The van der Waals surface area contributed by atoms with Crippen LogP contribution in [0.1, 0.15) is 12.0 Å². The number of carbonyl (C=O) groups is 1. The van der Waals surface area contributed by atoms with Crippen molar-refractivity contribution in [1.29, 1.82) is 5.41 Å². The van der Waals surface area contributed by atoms with Crippen molar-refractivity contribution in [2.24, 2.45) is 5.92 Å². The fraction of sp³-hybridized carbons (Fsp3) is 0.467. The Kier molecular flexibility index (Phi) is 6.19. The van der Waals surface area contributed by atoms with Crippen molar-refractivity contribution in [1.82, 2.24) is 10.6 Å². The molecule has 0 bridgehead atoms. The van der Waals surface area contributed by atoms with Crippen LogP contribution in [0.25, 0.3) is 0 Å². The van der Waals surface area contributed by atoms with Crippen LogP contribution in [-0.4, -0.2) is 42.8 Å². The van der Waals surface area contributed by atoms with E-state index in [4.69, 9.17) is 10.1 Å². The smallest absolute Gasteiger partial charge is 0.353 e. The number of carbonyl (C=O) groups excluding carboxylic acids is 1. The van der Waals surface area contributed by atoms with Gasteiger partial charge >= 0.3 is 5.97 Å².